The number of carbonyl (C=O) groups is 1. The Hall–Kier alpha value is -2.29. The van der Waals surface area contributed by atoms with Crippen molar-refractivity contribution in [3.8, 4) is 5.75 Å². The van der Waals surface area contributed by atoms with Gasteiger partial charge in [-0.25, -0.2) is 0 Å². The van der Waals surface area contributed by atoms with Gasteiger partial charge in [0.1, 0.15) is 5.75 Å². The summed E-state index contributed by atoms with van der Waals surface area (Å²) in [6.07, 6.45) is 0. The normalized spacial score (nSPS) is 10.2. The number of hydrogen-bond acceptors (Lipinski definition) is 3. The Labute approximate surface area is 119 Å². The van der Waals surface area contributed by atoms with Gasteiger partial charge in [-0.3, -0.25) is 4.79 Å². The highest BCUT2D eigenvalue weighted by atomic mass is 16.5. The first-order valence-corrected chi connectivity index (χ1v) is 6.54. The fourth-order valence-electron chi connectivity index (χ4n) is 2.36. The molecule has 0 saturated carbocycles. The van der Waals surface area contributed by atoms with Gasteiger partial charge in [-0.1, -0.05) is 0 Å². The van der Waals surface area contributed by atoms with Crippen LogP contribution in [-0.2, 0) is 0 Å². The second kappa shape index (κ2) is 5.78. The predicted molar refractivity (Wildman–Crippen MR) is 81.9 cm³/mol. The van der Waals surface area contributed by atoms with Gasteiger partial charge in [0.25, 0.3) is 0 Å². The molecule has 2 aromatic carbocycles. The molecule has 0 unspecified atom stereocenters. The maximum absolute atomic E-state index is 12.5. The number of aryl methyl sites for hydroxylation is 2. The van der Waals surface area contributed by atoms with Crippen LogP contribution < -0.4 is 10.1 Å². The van der Waals surface area contributed by atoms with Gasteiger partial charge >= 0.3 is 0 Å². The molecule has 3 nitrogen and oxygen atoms in total. The van der Waals surface area contributed by atoms with E-state index in [0.29, 0.717) is 11.1 Å². The SMILES string of the molecule is CNc1ccc(C(=O)c2cc(C)c(OC)c(C)c2)cc1. The summed E-state index contributed by atoms with van der Waals surface area (Å²) in [5.41, 5.74) is 4.32. The average molecular weight is 269 g/mol. The van der Waals surface area contributed by atoms with Crippen molar-refractivity contribution in [2.45, 2.75) is 13.8 Å². The lowest BCUT2D eigenvalue weighted by molar-refractivity contribution is 0.103. The minimum Gasteiger partial charge on any atom is -0.496 e. The van der Waals surface area contributed by atoms with E-state index in [4.69, 9.17) is 4.74 Å². The van der Waals surface area contributed by atoms with E-state index in [1.807, 2.05) is 57.3 Å². The van der Waals surface area contributed by atoms with Crippen molar-refractivity contribution in [3.63, 3.8) is 0 Å². The van der Waals surface area contributed by atoms with Crippen LogP contribution in [0.15, 0.2) is 36.4 Å². The Morgan fingerprint density at radius 2 is 1.55 bits per heavy atom. The van der Waals surface area contributed by atoms with E-state index in [-0.39, 0.29) is 5.78 Å². The molecule has 2 rings (SSSR count). The number of methoxy groups -OCH3 is 1. The molecule has 2 aromatic rings. The number of hydrogen-bond donors (Lipinski definition) is 1. The molecule has 0 fully saturated rings. The highest BCUT2D eigenvalue weighted by Crippen LogP contribution is 2.25. The second-order valence-electron chi connectivity index (χ2n) is 4.80. The highest BCUT2D eigenvalue weighted by molar-refractivity contribution is 6.09. The van der Waals surface area contributed by atoms with Crippen LogP contribution in [0, 0.1) is 13.8 Å². The molecule has 0 aliphatic heterocycles. The largest absolute Gasteiger partial charge is 0.496 e. The topological polar surface area (TPSA) is 38.3 Å². The van der Waals surface area contributed by atoms with E-state index in [9.17, 15) is 4.79 Å². The molecule has 0 bridgehead atoms. The third-order valence-electron chi connectivity index (χ3n) is 3.36. The van der Waals surface area contributed by atoms with Crippen molar-refractivity contribution < 1.29 is 9.53 Å². The van der Waals surface area contributed by atoms with E-state index in [1.54, 1.807) is 7.11 Å². The number of nitrogens with one attached hydrogen (secondary N) is 1. The number of carbonyl (C=O) groups excluding carboxylic acids is 1. The summed E-state index contributed by atoms with van der Waals surface area (Å²) >= 11 is 0. The van der Waals surface area contributed by atoms with Gasteiger partial charge in [0, 0.05) is 23.9 Å². The lowest BCUT2D eigenvalue weighted by Gasteiger charge is -2.11. The van der Waals surface area contributed by atoms with Gasteiger partial charge in [-0.15, -0.1) is 0 Å². The summed E-state index contributed by atoms with van der Waals surface area (Å²) in [5, 5.41) is 3.04. The summed E-state index contributed by atoms with van der Waals surface area (Å²) in [6.45, 7) is 3.90. The van der Waals surface area contributed by atoms with Gasteiger partial charge < -0.3 is 10.1 Å². The van der Waals surface area contributed by atoms with Crippen molar-refractivity contribution in [1.29, 1.82) is 0 Å². The molecular weight excluding hydrogens is 250 g/mol. The third kappa shape index (κ3) is 2.67. The van der Waals surface area contributed by atoms with Crippen LogP contribution in [0.4, 0.5) is 5.69 Å². The molecule has 0 spiro atoms. The Balaban J connectivity index is 2.37. The van der Waals surface area contributed by atoms with Gasteiger partial charge in [-0.2, -0.15) is 0 Å². The number of ether oxygens (including phenoxy) is 1. The molecule has 0 heterocycles. The maximum atomic E-state index is 12.5. The molecule has 0 aliphatic carbocycles. The first kappa shape index (κ1) is 14.1. The molecule has 20 heavy (non-hydrogen) atoms. The average Bonchev–Trinajstić information content (AvgIpc) is 2.46. The van der Waals surface area contributed by atoms with E-state index in [2.05, 4.69) is 5.32 Å². The third-order valence-corrected chi connectivity index (χ3v) is 3.36. The summed E-state index contributed by atoms with van der Waals surface area (Å²) in [5.74, 6) is 0.869. The van der Waals surface area contributed by atoms with Crippen molar-refractivity contribution >= 4 is 11.5 Å². The molecule has 104 valence electrons. The van der Waals surface area contributed by atoms with E-state index in [0.717, 1.165) is 22.6 Å². The number of ketones is 1. The smallest absolute Gasteiger partial charge is 0.193 e. The van der Waals surface area contributed by atoms with Crippen molar-refractivity contribution in [3.05, 3.63) is 58.7 Å². The fraction of sp³-hybridized carbons (Fsp3) is 0.235. The van der Waals surface area contributed by atoms with E-state index < -0.39 is 0 Å². The molecule has 1 N–H and O–H groups in total. The lowest BCUT2D eigenvalue weighted by atomic mass is 9.98. The minimum atomic E-state index is 0.0292. The minimum absolute atomic E-state index is 0.0292. The first-order chi connectivity index (χ1) is 9.56. The van der Waals surface area contributed by atoms with Crippen LogP contribution in [0.5, 0.6) is 5.75 Å². The molecule has 0 amide bonds. The summed E-state index contributed by atoms with van der Waals surface area (Å²) in [4.78, 5) is 12.5. The van der Waals surface area contributed by atoms with Crippen LogP contribution in [-0.4, -0.2) is 19.9 Å². The summed E-state index contributed by atoms with van der Waals surface area (Å²) in [7, 11) is 3.50. The molecular formula is C17H19NO2. The number of rotatable bonds is 4. The molecule has 0 atom stereocenters. The van der Waals surface area contributed by atoms with Crippen LogP contribution in [0.1, 0.15) is 27.0 Å². The van der Waals surface area contributed by atoms with E-state index >= 15 is 0 Å². The number of benzene rings is 2. The fourth-order valence-corrected chi connectivity index (χ4v) is 2.36. The standard InChI is InChI=1S/C17H19NO2/c1-11-9-14(10-12(2)17(11)20-4)16(19)13-5-7-15(18-3)8-6-13/h5-10,18H,1-4H3. The monoisotopic (exact) mass is 269 g/mol. The second-order valence-corrected chi connectivity index (χ2v) is 4.80. The van der Waals surface area contributed by atoms with Crippen LogP contribution in [0.3, 0.4) is 0 Å². The Morgan fingerprint density at radius 1 is 1.00 bits per heavy atom. The first-order valence-electron chi connectivity index (χ1n) is 6.54. The molecule has 0 aliphatic rings. The predicted octanol–water partition coefficient (Wildman–Crippen LogP) is 3.58. The van der Waals surface area contributed by atoms with Crippen LogP contribution in [0.2, 0.25) is 0 Å². The quantitative estimate of drug-likeness (QED) is 0.862. The highest BCUT2D eigenvalue weighted by Gasteiger charge is 2.13. The van der Waals surface area contributed by atoms with Gasteiger partial charge in [0.15, 0.2) is 5.78 Å². The Kier molecular flexibility index (Phi) is 4.08. The van der Waals surface area contributed by atoms with Gasteiger partial charge in [0.05, 0.1) is 7.11 Å². The van der Waals surface area contributed by atoms with E-state index in [1.165, 1.54) is 0 Å². The summed E-state index contributed by atoms with van der Waals surface area (Å²) < 4.78 is 5.33. The van der Waals surface area contributed by atoms with Crippen LogP contribution >= 0.6 is 0 Å². The molecule has 0 saturated heterocycles. The van der Waals surface area contributed by atoms with Crippen molar-refractivity contribution in [1.82, 2.24) is 0 Å². The molecule has 0 aromatic heterocycles. The zero-order valence-electron chi connectivity index (χ0n) is 12.3. The zero-order valence-corrected chi connectivity index (χ0v) is 12.3. The van der Waals surface area contributed by atoms with Crippen LogP contribution in [0.25, 0.3) is 0 Å². The lowest BCUT2D eigenvalue weighted by Crippen LogP contribution is -2.04. The molecule has 3 heteroatoms. The van der Waals surface area contributed by atoms with Crippen molar-refractivity contribution in [2.75, 3.05) is 19.5 Å². The van der Waals surface area contributed by atoms with Crippen molar-refractivity contribution in [2.24, 2.45) is 0 Å². The Morgan fingerprint density at radius 3 is 2.00 bits per heavy atom. The summed E-state index contributed by atoms with van der Waals surface area (Å²) in [6, 6.07) is 11.2. The zero-order chi connectivity index (χ0) is 14.7. The Bertz CT molecular complexity index is 607. The number of anilines is 1. The van der Waals surface area contributed by atoms with Gasteiger partial charge in [-0.05, 0) is 61.4 Å². The maximum Gasteiger partial charge on any atom is 0.193 e. The van der Waals surface area contributed by atoms with Gasteiger partial charge in [0.2, 0.25) is 0 Å². The molecule has 0 radical (unpaired) electrons.